The molecule has 0 bridgehead atoms. The van der Waals surface area contributed by atoms with Crippen LogP contribution >= 0.6 is 22.7 Å². The van der Waals surface area contributed by atoms with Gasteiger partial charge in [-0.15, -0.1) is 22.7 Å². The van der Waals surface area contributed by atoms with Crippen LogP contribution in [0.4, 0.5) is 0 Å². The molecule has 7 heteroatoms. The summed E-state index contributed by atoms with van der Waals surface area (Å²) >= 11 is 3.26. The second-order valence-electron chi connectivity index (χ2n) is 8.54. The first-order chi connectivity index (χ1) is 14.6. The molecule has 0 aromatic carbocycles. The van der Waals surface area contributed by atoms with Crippen molar-refractivity contribution in [1.29, 1.82) is 0 Å². The lowest BCUT2D eigenvalue weighted by Crippen LogP contribution is -2.45. The largest absolute Gasteiger partial charge is 0.354 e. The number of likely N-dealkylation sites (tertiary alicyclic amines) is 2. The molecule has 2 saturated heterocycles. The highest BCUT2D eigenvalue weighted by molar-refractivity contribution is 7.12. The minimum Gasteiger partial charge on any atom is -0.354 e. The van der Waals surface area contributed by atoms with Crippen LogP contribution in [0.5, 0.6) is 0 Å². The number of rotatable bonds is 6. The number of hydrogen-bond donors (Lipinski definition) is 1. The van der Waals surface area contributed by atoms with Crippen LogP contribution in [0.3, 0.4) is 0 Å². The number of carbonyl (C=O) groups is 2. The van der Waals surface area contributed by atoms with Crippen LogP contribution in [-0.2, 0) is 4.79 Å². The van der Waals surface area contributed by atoms with Crippen LogP contribution in [0.1, 0.15) is 53.2 Å². The summed E-state index contributed by atoms with van der Waals surface area (Å²) in [5, 5.41) is 7.30. The van der Waals surface area contributed by atoms with Crippen molar-refractivity contribution < 1.29 is 9.59 Å². The van der Waals surface area contributed by atoms with Crippen LogP contribution in [0.15, 0.2) is 35.0 Å². The summed E-state index contributed by atoms with van der Waals surface area (Å²) in [5.41, 5.74) is 0. The van der Waals surface area contributed by atoms with Crippen LogP contribution in [-0.4, -0.2) is 54.3 Å². The second-order valence-corrected chi connectivity index (χ2v) is 10.5. The van der Waals surface area contributed by atoms with Crippen molar-refractivity contribution in [2.75, 3.05) is 32.7 Å². The molecule has 4 rings (SSSR count). The minimum atomic E-state index is 0.00255. The van der Waals surface area contributed by atoms with Crippen molar-refractivity contribution in [3.05, 3.63) is 44.8 Å². The van der Waals surface area contributed by atoms with E-state index in [4.69, 9.17) is 0 Å². The zero-order chi connectivity index (χ0) is 20.9. The summed E-state index contributed by atoms with van der Waals surface area (Å²) in [6, 6.07) is 8.33. The van der Waals surface area contributed by atoms with Gasteiger partial charge in [-0.2, -0.15) is 0 Å². The third-order valence-corrected chi connectivity index (χ3v) is 8.32. The van der Waals surface area contributed by atoms with Crippen LogP contribution in [0.25, 0.3) is 0 Å². The average Bonchev–Trinajstić information content (AvgIpc) is 3.49. The van der Waals surface area contributed by atoms with E-state index in [-0.39, 0.29) is 23.8 Å². The summed E-state index contributed by atoms with van der Waals surface area (Å²) in [6.07, 6.45) is 3.95. The Hall–Kier alpha value is -1.70. The summed E-state index contributed by atoms with van der Waals surface area (Å²) in [4.78, 5) is 31.9. The van der Waals surface area contributed by atoms with E-state index in [2.05, 4.69) is 34.7 Å². The van der Waals surface area contributed by atoms with Crippen molar-refractivity contribution >= 4 is 34.5 Å². The third-order valence-electron chi connectivity index (χ3n) is 6.49. The highest BCUT2D eigenvalue weighted by atomic mass is 32.1. The SMILES string of the molecule is CC1CCN(C(CNC(=O)C2CCN(C(=O)c3cccs3)CC2)c2cccs2)CC1. The summed E-state index contributed by atoms with van der Waals surface area (Å²) in [6.45, 7) is 6.52. The van der Waals surface area contributed by atoms with Gasteiger partial charge in [-0.25, -0.2) is 0 Å². The monoisotopic (exact) mass is 445 g/mol. The van der Waals surface area contributed by atoms with E-state index < -0.39 is 0 Å². The maximum Gasteiger partial charge on any atom is 0.263 e. The fourth-order valence-electron chi connectivity index (χ4n) is 4.47. The molecule has 162 valence electrons. The van der Waals surface area contributed by atoms with Crippen molar-refractivity contribution in [1.82, 2.24) is 15.1 Å². The molecular formula is C23H31N3O2S2. The highest BCUT2D eigenvalue weighted by Crippen LogP contribution is 2.29. The standard InChI is InChI=1S/C23H31N3O2S2/c1-17-6-10-25(11-7-17)19(20-4-2-14-29-20)16-24-22(27)18-8-12-26(13-9-18)23(28)21-5-3-15-30-21/h2-5,14-15,17-19H,6-13,16H2,1H3,(H,24,27). The van der Waals surface area contributed by atoms with E-state index >= 15 is 0 Å². The number of amides is 2. The molecule has 5 nitrogen and oxygen atoms in total. The Labute approximate surface area is 187 Å². The molecule has 2 aromatic rings. The zero-order valence-corrected chi connectivity index (χ0v) is 19.2. The minimum absolute atomic E-state index is 0.00255. The van der Waals surface area contributed by atoms with Gasteiger partial charge in [0.1, 0.15) is 0 Å². The molecule has 2 fully saturated rings. The van der Waals surface area contributed by atoms with Gasteiger partial charge in [-0.1, -0.05) is 19.1 Å². The summed E-state index contributed by atoms with van der Waals surface area (Å²) in [5.74, 6) is 1.04. The number of piperidine rings is 2. The first-order valence-electron chi connectivity index (χ1n) is 11.0. The van der Waals surface area contributed by atoms with Crippen molar-refractivity contribution in [3.63, 3.8) is 0 Å². The molecule has 2 aliphatic rings. The Morgan fingerprint density at radius 1 is 1.03 bits per heavy atom. The predicted molar refractivity (Wildman–Crippen MR) is 123 cm³/mol. The van der Waals surface area contributed by atoms with Crippen LogP contribution in [0.2, 0.25) is 0 Å². The Kier molecular flexibility index (Phi) is 7.23. The molecule has 2 aliphatic heterocycles. The van der Waals surface area contributed by atoms with Gasteiger partial charge in [-0.3, -0.25) is 14.5 Å². The Morgan fingerprint density at radius 3 is 2.37 bits per heavy atom. The Balaban J connectivity index is 1.29. The molecule has 0 radical (unpaired) electrons. The third kappa shape index (κ3) is 5.13. The molecule has 1 atom stereocenters. The molecule has 0 saturated carbocycles. The molecule has 1 N–H and O–H groups in total. The summed E-state index contributed by atoms with van der Waals surface area (Å²) in [7, 11) is 0. The van der Waals surface area contributed by atoms with Gasteiger partial charge in [0.2, 0.25) is 5.91 Å². The lowest BCUT2D eigenvalue weighted by atomic mass is 9.95. The second kappa shape index (κ2) is 10.1. The lowest BCUT2D eigenvalue weighted by Gasteiger charge is -2.37. The molecule has 2 aromatic heterocycles. The van der Waals surface area contributed by atoms with E-state index in [0.29, 0.717) is 19.6 Å². The predicted octanol–water partition coefficient (Wildman–Crippen LogP) is 4.25. The van der Waals surface area contributed by atoms with Gasteiger partial charge in [0.05, 0.1) is 10.9 Å². The van der Waals surface area contributed by atoms with E-state index in [9.17, 15) is 9.59 Å². The van der Waals surface area contributed by atoms with Gasteiger partial charge in [0, 0.05) is 30.4 Å². The van der Waals surface area contributed by atoms with Gasteiger partial charge < -0.3 is 10.2 Å². The lowest BCUT2D eigenvalue weighted by molar-refractivity contribution is -0.126. The molecule has 0 aliphatic carbocycles. The Bertz CT molecular complexity index is 806. The molecule has 1 unspecified atom stereocenters. The van der Waals surface area contributed by atoms with Crippen molar-refractivity contribution in [2.45, 2.75) is 38.6 Å². The van der Waals surface area contributed by atoms with Gasteiger partial charge in [-0.05, 0) is 67.6 Å². The van der Waals surface area contributed by atoms with Crippen LogP contribution < -0.4 is 5.32 Å². The molecule has 2 amide bonds. The number of carbonyl (C=O) groups excluding carboxylic acids is 2. The average molecular weight is 446 g/mol. The molecule has 30 heavy (non-hydrogen) atoms. The number of nitrogens with zero attached hydrogens (tertiary/aromatic N) is 2. The van der Waals surface area contributed by atoms with Crippen LogP contribution in [0, 0.1) is 11.8 Å². The van der Waals surface area contributed by atoms with E-state index in [1.54, 1.807) is 11.3 Å². The number of nitrogens with one attached hydrogen (secondary N) is 1. The van der Waals surface area contributed by atoms with E-state index in [1.165, 1.54) is 29.1 Å². The fraction of sp³-hybridized carbons (Fsp3) is 0.565. The number of thiophene rings is 2. The van der Waals surface area contributed by atoms with Crippen molar-refractivity contribution in [2.24, 2.45) is 11.8 Å². The zero-order valence-electron chi connectivity index (χ0n) is 17.6. The molecular weight excluding hydrogens is 414 g/mol. The van der Waals surface area contributed by atoms with Gasteiger partial charge >= 0.3 is 0 Å². The molecule has 0 spiro atoms. The maximum absolute atomic E-state index is 12.9. The quantitative estimate of drug-likeness (QED) is 0.723. The summed E-state index contributed by atoms with van der Waals surface area (Å²) < 4.78 is 0. The van der Waals surface area contributed by atoms with E-state index in [1.807, 2.05) is 22.4 Å². The Morgan fingerprint density at radius 2 is 1.73 bits per heavy atom. The first kappa shape index (κ1) is 21.5. The highest BCUT2D eigenvalue weighted by Gasteiger charge is 2.30. The fourth-order valence-corrected chi connectivity index (χ4v) is 6.02. The van der Waals surface area contributed by atoms with E-state index in [0.717, 1.165) is 36.7 Å². The maximum atomic E-state index is 12.9. The molecule has 4 heterocycles. The van der Waals surface area contributed by atoms with Crippen molar-refractivity contribution in [3.8, 4) is 0 Å². The number of hydrogen-bond acceptors (Lipinski definition) is 5. The smallest absolute Gasteiger partial charge is 0.263 e. The topological polar surface area (TPSA) is 52.7 Å². The normalized spacial score (nSPS) is 20.2. The first-order valence-corrected chi connectivity index (χ1v) is 12.8. The van der Waals surface area contributed by atoms with Gasteiger partial charge in [0.25, 0.3) is 5.91 Å². The van der Waals surface area contributed by atoms with Gasteiger partial charge in [0.15, 0.2) is 0 Å².